The van der Waals surface area contributed by atoms with Gasteiger partial charge in [0.05, 0.1) is 5.39 Å². The maximum atomic E-state index is 12.9. The highest BCUT2D eigenvalue weighted by Crippen LogP contribution is 2.28. The third kappa shape index (κ3) is 3.20. The van der Waals surface area contributed by atoms with E-state index in [1.54, 1.807) is 30.3 Å². The van der Waals surface area contributed by atoms with Crippen LogP contribution in [0.1, 0.15) is 28.5 Å². The molecule has 0 unspecified atom stereocenters. The fraction of sp³-hybridized carbons (Fsp3) is 0.182. The highest BCUT2D eigenvalue weighted by molar-refractivity contribution is 6.03. The van der Waals surface area contributed by atoms with Crippen LogP contribution in [-0.4, -0.2) is 15.7 Å². The van der Waals surface area contributed by atoms with Gasteiger partial charge in [-0.15, -0.1) is 0 Å². The van der Waals surface area contributed by atoms with Crippen LogP contribution in [0, 0.1) is 6.92 Å². The average molecular weight is 390 g/mol. The summed E-state index contributed by atoms with van der Waals surface area (Å²) < 4.78 is 12.0. The molecule has 0 fully saturated rings. The lowest BCUT2D eigenvalue weighted by molar-refractivity contribution is 0.0727. The second kappa shape index (κ2) is 7.01. The Labute approximate surface area is 165 Å². The molecule has 0 spiro atoms. The summed E-state index contributed by atoms with van der Waals surface area (Å²) in [7, 11) is 1.48. The lowest BCUT2D eigenvalue weighted by Gasteiger charge is -2.12. The highest BCUT2D eigenvalue weighted by atomic mass is 16.5. The van der Waals surface area contributed by atoms with Crippen LogP contribution in [-0.2, 0) is 13.5 Å². The van der Waals surface area contributed by atoms with Gasteiger partial charge in [0.15, 0.2) is 5.69 Å². The molecule has 0 saturated heterocycles. The number of aromatic nitrogens is 2. The number of hydrogen-bond acceptors (Lipinski definition) is 6. The Kier molecular flexibility index (Phi) is 4.50. The summed E-state index contributed by atoms with van der Waals surface area (Å²) in [5, 5.41) is 5.68. The van der Waals surface area contributed by atoms with Crippen molar-refractivity contribution < 1.29 is 13.9 Å². The Bertz CT molecular complexity index is 1400. The average Bonchev–Trinajstić information content (AvgIpc) is 2.70. The zero-order valence-electron chi connectivity index (χ0n) is 16.2. The Morgan fingerprint density at radius 2 is 1.83 bits per heavy atom. The van der Waals surface area contributed by atoms with Crippen molar-refractivity contribution in [3.8, 4) is 5.75 Å². The van der Waals surface area contributed by atoms with E-state index in [1.165, 1.54) is 13.1 Å². The molecule has 7 nitrogen and oxygen atoms in total. The van der Waals surface area contributed by atoms with Gasteiger partial charge in [0.2, 0.25) is 0 Å². The first kappa shape index (κ1) is 18.6. The number of esters is 1. The van der Waals surface area contributed by atoms with E-state index in [0.717, 1.165) is 21.2 Å². The van der Waals surface area contributed by atoms with Gasteiger partial charge < -0.3 is 9.15 Å². The van der Waals surface area contributed by atoms with Gasteiger partial charge in [-0.05, 0) is 36.6 Å². The summed E-state index contributed by atoms with van der Waals surface area (Å²) in [5.41, 5.74) is 1.19. The quantitative estimate of drug-likeness (QED) is 0.303. The van der Waals surface area contributed by atoms with Gasteiger partial charge in [0.1, 0.15) is 11.3 Å². The second-order valence-electron chi connectivity index (χ2n) is 6.77. The first-order valence-corrected chi connectivity index (χ1v) is 9.14. The SMILES string of the molecule is CCc1cc2c(C)cc(=O)oc2cc1OC(=O)c1nn(C)c(=O)c2ccccc12. The van der Waals surface area contributed by atoms with Crippen molar-refractivity contribution in [3.05, 3.63) is 80.1 Å². The molecule has 0 atom stereocenters. The third-order valence-electron chi connectivity index (χ3n) is 4.87. The monoisotopic (exact) mass is 390 g/mol. The molecule has 0 aliphatic rings. The Balaban J connectivity index is 1.84. The van der Waals surface area contributed by atoms with E-state index in [-0.39, 0.29) is 11.3 Å². The number of ether oxygens (including phenoxy) is 1. The molecule has 0 aliphatic heterocycles. The number of rotatable bonds is 3. The summed E-state index contributed by atoms with van der Waals surface area (Å²) in [6, 6.07) is 11.6. The van der Waals surface area contributed by atoms with Gasteiger partial charge in [-0.1, -0.05) is 25.1 Å². The predicted octanol–water partition coefficient (Wildman–Crippen LogP) is 3.13. The molecule has 0 N–H and O–H groups in total. The summed E-state index contributed by atoms with van der Waals surface area (Å²) >= 11 is 0. The van der Waals surface area contributed by atoms with E-state index >= 15 is 0 Å². The molecule has 0 bridgehead atoms. The van der Waals surface area contributed by atoms with E-state index in [1.807, 2.05) is 19.9 Å². The van der Waals surface area contributed by atoms with E-state index in [2.05, 4.69) is 5.10 Å². The first-order valence-electron chi connectivity index (χ1n) is 9.14. The molecule has 146 valence electrons. The fourth-order valence-electron chi connectivity index (χ4n) is 3.36. The zero-order chi connectivity index (χ0) is 20.7. The van der Waals surface area contributed by atoms with E-state index in [0.29, 0.717) is 28.5 Å². The lowest BCUT2D eigenvalue weighted by Crippen LogP contribution is -2.24. The number of fused-ring (bicyclic) bond motifs is 2. The molecule has 4 aromatic rings. The number of carbonyl (C=O) groups is 1. The van der Waals surface area contributed by atoms with Crippen LogP contribution in [0.2, 0.25) is 0 Å². The van der Waals surface area contributed by atoms with E-state index in [9.17, 15) is 14.4 Å². The van der Waals surface area contributed by atoms with Crippen molar-refractivity contribution in [3.63, 3.8) is 0 Å². The Morgan fingerprint density at radius 3 is 2.55 bits per heavy atom. The van der Waals surface area contributed by atoms with E-state index in [4.69, 9.17) is 9.15 Å². The van der Waals surface area contributed by atoms with Crippen molar-refractivity contribution in [2.75, 3.05) is 0 Å². The smallest absolute Gasteiger partial charge is 0.364 e. The van der Waals surface area contributed by atoms with Gasteiger partial charge in [0.25, 0.3) is 5.56 Å². The lowest BCUT2D eigenvalue weighted by atomic mass is 10.1. The van der Waals surface area contributed by atoms with Crippen LogP contribution in [0.3, 0.4) is 0 Å². The molecular formula is C22H18N2O5. The minimum atomic E-state index is -0.694. The number of benzene rings is 2. The molecule has 2 heterocycles. The Morgan fingerprint density at radius 1 is 1.10 bits per heavy atom. The number of carbonyl (C=O) groups excluding carboxylic acids is 1. The molecule has 7 heteroatoms. The fourth-order valence-corrected chi connectivity index (χ4v) is 3.36. The summed E-state index contributed by atoms with van der Waals surface area (Å²) in [4.78, 5) is 36.9. The van der Waals surface area contributed by atoms with Crippen molar-refractivity contribution in [1.82, 2.24) is 9.78 Å². The van der Waals surface area contributed by atoms with Crippen LogP contribution >= 0.6 is 0 Å². The maximum absolute atomic E-state index is 12.9. The molecule has 4 rings (SSSR count). The first-order chi connectivity index (χ1) is 13.9. The molecule has 0 radical (unpaired) electrons. The van der Waals surface area contributed by atoms with Crippen molar-refractivity contribution in [1.29, 1.82) is 0 Å². The molecule has 0 saturated carbocycles. The summed E-state index contributed by atoms with van der Waals surface area (Å²) in [6.45, 7) is 3.76. The summed E-state index contributed by atoms with van der Waals surface area (Å²) in [5.74, 6) is -0.403. The third-order valence-corrected chi connectivity index (χ3v) is 4.87. The normalized spacial score (nSPS) is 11.1. The minimum Gasteiger partial charge on any atom is -0.423 e. The number of nitrogens with zero attached hydrogens (tertiary/aromatic N) is 2. The predicted molar refractivity (Wildman–Crippen MR) is 109 cm³/mol. The van der Waals surface area contributed by atoms with Crippen molar-refractivity contribution in [2.24, 2.45) is 7.05 Å². The maximum Gasteiger partial charge on any atom is 0.364 e. The topological polar surface area (TPSA) is 91.4 Å². The van der Waals surface area contributed by atoms with Crippen molar-refractivity contribution >= 4 is 27.7 Å². The number of hydrogen-bond donors (Lipinski definition) is 0. The summed E-state index contributed by atoms with van der Waals surface area (Å²) in [6.07, 6.45) is 0.610. The van der Waals surface area contributed by atoms with Crippen LogP contribution in [0.25, 0.3) is 21.7 Å². The minimum absolute atomic E-state index is 0.0375. The van der Waals surface area contributed by atoms with Crippen molar-refractivity contribution in [2.45, 2.75) is 20.3 Å². The van der Waals surface area contributed by atoms with Gasteiger partial charge in [0, 0.05) is 30.0 Å². The Hall–Kier alpha value is -3.74. The zero-order valence-corrected chi connectivity index (χ0v) is 16.2. The van der Waals surface area contributed by atoms with Gasteiger partial charge >= 0.3 is 11.6 Å². The molecule has 2 aromatic carbocycles. The standard InChI is InChI=1S/C22H18N2O5/c1-4-13-10-16-12(2)9-19(25)28-18(16)11-17(13)29-22(27)20-14-7-5-6-8-15(14)21(26)24(3)23-20/h5-11H,4H2,1-3H3. The van der Waals surface area contributed by atoms with Gasteiger partial charge in [-0.3, -0.25) is 4.79 Å². The van der Waals surface area contributed by atoms with Crippen LogP contribution in [0.4, 0.5) is 0 Å². The highest BCUT2D eigenvalue weighted by Gasteiger charge is 2.20. The number of aryl methyl sites for hydroxylation is 3. The van der Waals surface area contributed by atoms with Gasteiger partial charge in [-0.25, -0.2) is 14.3 Å². The van der Waals surface area contributed by atoms with Crippen LogP contribution in [0.15, 0.2) is 56.5 Å². The largest absolute Gasteiger partial charge is 0.423 e. The molecular weight excluding hydrogens is 372 g/mol. The van der Waals surface area contributed by atoms with E-state index < -0.39 is 11.6 Å². The van der Waals surface area contributed by atoms with Gasteiger partial charge in [-0.2, -0.15) is 5.10 Å². The second-order valence-corrected chi connectivity index (χ2v) is 6.77. The van der Waals surface area contributed by atoms with Crippen LogP contribution < -0.4 is 15.9 Å². The molecule has 2 aromatic heterocycles. The molecule has 0 aliphatic carbocycles. The molecule has 29 heavy (non-hydrogen) atoms. The molecule has 0 amide bonds. The van der Waals surface area contributed by atoms with Crippen LogP contribution in [0.5, 0.6) is 5.75 Å².